The second kappa shape index (κ2) is 7.41. The molecule has 1 aromatic rings. The van der Waals surface area contributed by atoms with Gasteiger partial charge in [0, 0.05) is 32.4 Å². The second-order valence-corrected chi connectivity index (χ2v) is 4.70. The van der Waals surface area contributed by atoms with Crippen molar-refractivity contribution >= 4 is 17.2 Å². The van der Waals surface area contributed by atoms with E-state index in [9.17, 15) is 4.39 Å². The van der Waals surface area contributed by atoms with E-state index in [1.54, 1.807) is 19.2 Å². The van der Waals surface area contributed by atoms with Crippen LogP contribution in [0.15, 0.2) is 18.2 Å². The lowest BCUT2D eigenvalue weighted by molar-refractivity contribution is 0.178. The predicted molar refractivity (Wildman–Crippen MR) is 75.1 cm³/mol. The summed E-state index contributed by atoms with van der Waals surface area (Å²) in [5, 5.41) is 0. The molecule has 0 saturated carbocycles. The average molecular weight is 270 g/mol. The van der Waals surface area contributed by atoms with E-state index in [4.69, 9.17) is 22.7 Å². The molecule has 5 heteroatoms. The molecule has 3 nitrogen and oxygen atoms in total. The SMILES string of the molecule is COCCCN(C)Cc1ccc(F)c(C(N)=S)c1. The summed E-state index contributed by atoms with van der Waals surface area (Å²) in [6.07, 6.45) is 0.969. The van der Waals surface area contributed by atoms with E-state index in [0.29, 0.717) is 5.56 Å². The Morgan fingerprint density at radius 1 is 1.50 bits per heavy atom. The maximum absolute atomic E-state index is 13.4. The lowest BCUT2D eigenvalue weighted by Crippen LogP contribution is -2.21. The number of methoxy groups -OCH3 is 1. The largest absolute Gasteiger partial charge is 0.389 e. The smallest absolute Gasteiger partial charge is 0.133 e. The van der Waals surface area contributed by atoms with Gasteiger partial charge in [0.2, 0.25) is 0 Å². The molecule has 0 aliphatic heterocycles. The summed E-state index contributed by atoms with van der Waals surface area (Å²) in [7, 11) is 3.70. The van der Waals surface area contributed by atoms with Crippen LogP contribution in [-0.4, -0.2) is 37.2 Å². The number of hydrogen-bond acceptors (Lipinski definition) is 3. The molecular weight excluding hydrogens is 251 g/mol. The van der Waals surface area contributed by atoms with Gasteiger partial charge in [-0.15, -0.1) is 0 Å². The van der Waals surface area contributed by atoms with Crippen molar-refractivity contribution in [3.8, 4) is 0 Å². The van der Waals surface area contributed by atoms with E-state index in [0.717, 1.165) is 31.7 Å². The fourth-order valence-corrected chi connectivity index (χ4v) is 1.89. The van der Waals surface area contributed by atoms with Crippen LogP contribution in [0.3, 0.4) is 0 Å². The van der Waals surface area contributed by atoms with Gasteiger partial charge in [-0.05, 0) is 31.2 Å². The highest BCUT2D eigenvalue weighted by Crippen LogP contribution is 2.12. The molecule has 1 aromatic carbocycles. The molecule has 2 N–H and O–H groups in total. The monoisotopic (exact) mass is 270 g/mol. The second-order valence-electron chi connectivity index (χ2n) is 4.26. The molecular formula is C13H19FN2OS. The summed E-state index contributed by atoms with van der Waals surface area (Å²) < 4.78 is 18.4. The van der Waals surface area contributed by atoms with Crippen molar-refractivity contribution in [2.24, 2.45) is 5.73 Å². The van der Waals surface area contributed by atoms with Crippen LogP contribution >= 0.6 is 12.2 Å². The zero-order valence-electron chi connectivity index (χ0n) is 10.8. The summed E-state index contributed by atoms with van der Waals surface area (Å²) >= 11 is 4.82. The molecule has 0 bridgehead atoms. The van der Waals surface area contributed by atoms with Crippen molar-refractivity contribution in [2.75, 3.05) is 27.3 Å². The van der Waals surface area contributed by atoms with Gasteiger partial charge in [0.1, 0.15) is 10.8 Å². The number of halogens is 1. The Kier molecular flexibility index (Phi) is 6.18. The van der Waals surface area contributed by atoms with Gasteiger partial charge in [0.15, 0.2) is 0 Å². The molecule has 0 saturated heterocycles. The molecule has 0 spiro atoms. The van der Waals surface area contributed by atoms with Gasteiger partial charge >= 0.3 is 0 Å². The zero-order chi connectivity index (χ0) is 13.5. The van der Waals surface area contributed by atoms with Gasteiger partial charge in [-0.1, -0.05) is 18.3 Å². The maximum atomic E-state index is 13.4. The van der Waals surface area contributed by atoms with Gasteiger partial charge in [-0.3, -0.25) is 0 Å². The summed E-state index contributed by atoms with van der Waals surface area (Å²) in [6.45, 7) is 2.40. The summed E-state index contributed by atoms with van der Waals surface area (Å²) in [6, 6.07) is 4.88. The van der Waals surface area contributed by atoms with E-state index in [1.165, 1.54) is 6.07 Å². The Balaban J connectivity index is 2.62. The highest BCUT2D eigenvalue weighted by atomic mass is 32.1. The highest BCUT2D eigenvalue weighted by molar-refractivity contribution is 7.80. The molecule has 0 heterocycles. The summed E-state index contributed by atoms with van der Waals surface area (Å²) in [5.41, 5.74) is 6.79. The average Bonchev–Trinajstić information content (AvgIpc) is 2.31. The summed E-state index contributed by atoms with van der Waals surface area (Å²) in [5.74, 6) is -0.367. The third-order valence-corrected chi connectivity index (χ3v) is 2.86. The van der Waals surface area contributed by atoms with E-state index in [-0.39, 0.29) is 10.8 Å². The van der Waals surface area contributed by atoms with Gasteiger partial charge in [0.25, 0.3) is 0 Å². The number of hydrogen-bond donors (Lipinski definition) is 1. The van der Waals surface area contributed by atoms with Crippen LogP contribution in [-0.2, 0) is 11.3 Å². The van der Waals surface area contributed by atoms with Crippen molar-refractivity contribution in [2.45, 2.75) is 13.0 Å². The zero-order valence-corrected chi connectivity index (χ0v) is 11.6. The maximum Gasteiger partial charge on any atom is 0.133 e. The molecule has 0 aliphatic carbocycles. The van der Waals surface area contributed by atoms with Crippen LogP contribution in [0.2, 0.25) is 0 Å². The molecule has 0 aliphatic rings. The molecule has 1 rings (SSSR count). The Labute approximate surface area is 113 Å². The van der Waals surface area contributed by atoms with E-state index in [2.05, 4.69) is 4.90 Å². The van der Waals surface area contributed by atoms with Crippen molar-refractivity contribution in [1.29, 1.82) is 0 Å². The Morgan fingerprint density at radius 2 is 2.22 bits per heavy atom. The van der Waals surface area contributed by atoms with Gasteiger partial charge < -0.3 is 15.4 Å². The first kappa shape index (κ1) is 15.0. The molecule has 0 atom stereocenters. The van der Waals surface area contributed by atoms with E-state index >= 15 is 0 Å². The van der Waals surface area contributed by atoms with Crippen LogP contribution in [0.25, 0.3) is 0 Å². The van der Waals surface area contributed by atoms with Crippen LogP contribution in [0.4, 0.5) is 4.39 Å². The van der Waals surface area contributed by atoms with Crippen LogP contribution in [0.1, 0.15) is 17.5 Å². The van der Waals surface area contributed by atoms with Crippen molar-refractivity contribution in [3.63, 3.8) is 0 Å². The topological polar surface area (TPSA) is 38.5 Å². The molecule has 0 radical (unpaired) electrons. The third-order valence-electron chi connectivity index (χ3n) is 2.64. The van der Waals surface area contributed by atoms with Gasteiger partial charge in [-0.2, -0.15) is 0 Å². The molecule has 0 unspecified atom stereocenters. The quantitative estimate of drug-likeness (QED) is 0.607. The number of thiocarbonyl (C=S) groups is 1. The standard InChI is InChI=1S/C13H19FN2OS/c1-16(6-3-7-17-2)9-10-4-5-12(14)11(8-10)13(15)18/h4-5,8H,3,6-7,9H2,1-2H3,(H2,15,18). The highest BCUT2D eigenvalue weighted by Gasteiger charge is 2.07. The molecule has 18 heavy (non-hydrogen) atoms. The molecule has 100 valence electrons. The van der Waals surface area contributed by atoms with E-state index < -0.39 is 0 Å². The first-order chi connectivity index (χ1) is 8.54. The Morgan fingerprint density at radius 3 is 2.83 bits per heavy atom. The van der Waals surface area contributed by atoms with Gasteiger partial charge in [-0.25, -0.2) is 4.39 Å². The first-order valence-corrected chi connectivity index (χ1v) is 6.21. The molecule has 0 aromatic heterocycles. The Hall–Kier alpha value is -1.04. The predicted octanol–water partition coefficient (Wildman–Crippen LogP) is 1.93. The number of nitrogens with two attached hydrogens (primary N) is 1. The third kappa shape index (κ3) is 4.68. The molecule has 0 amide bonds. The minimum absolute atomic E-state index is 0.0939. The number of ether oxygens (including phenoxy) is 1. The normalized spacial score (nSPS) is 10.9. The van der Waals surface area contributed by atoms with Crippen LogP contribution in [0.5, 0.6) is 0 Å². The van der Waals surface area contributed by atoms with Crippen molar-refractivity contribution < 1.29 is 9.13 Å². The number of rotatable bonds is 7. The van der Waals surface area contributed by atoms with Crippen LogP contribution in [0, 0.1) is 5.82 Å². The minimum Gasteiger partial charge on any atom is -0.389 e. The number of benzene rings is 1. The fraction of sp³-hybridized carbons (Fsp3) is 0.462. The minimum atomic E-state index is -0.367. The fourth-order valence-electron chi connectivity index (χ4n) is 1.73. The van der Waals surface area contributed by atoms with Crippen LogP contribution < -0.4 is 5.73 Å². The Bertz CT molecular complexity index is 412. The lowest BCUT2D eigenvalue weighted by atomic mass is 10.1. The number of nitrogens with zero attached hydrogens (tertiary/aromatic N) is 1. The first-order valence-electron chi connectivity index (χ1n) is 5.80. The van der Waals surface area contributed by atoms with Gasteiger partial charge in [0.05, 0.1) is 0 Å². The lowest BCUT2D eigenvalue weighted by Gasteiger charge is -2.17. The van der Waals surface area contributed by atoms with Crippen molar-refractivity contribution in [3.05, 3.63) is 35.1 Å². The van der Waals surface area contributed by atoms with Crippen molar-refractivity contribution in [1.82, 2.24) is 4.90 Å². The summed E-state index contributed by atoms with van der Waals surface area (Å²) in [4.78, 5) is 2.24. The van der Waals surface area contributed by atoms with E-state index in [1.807, 2.05) is 7.05 Å². The molecule has 0 fully saturated rings.